The number of hydrogen-bond donors (Lipinski definition) is 1. The van der Waals surface area contributed by atoms with E-state index in [9.17, 15) is 4.79 Å². The number of nitrogens with one attached hydrogen (secondary N) is 1. The molecule has 0 bridgehead atoms. The third-order valence-electron chi connectivity index (χ3n) is 3.91. The maximum absolute atomic E-state index is 12.1. The van der Waals surface area contributed by atoms with Gasteiger partial charge in [0.2, 0.25) is 5.91 Å². The number of hydrogen-bond acceptors (Lipinski definition) is 5. The SMILES string of the molecule is COc1ccc(/C=N/N=C2/NC(=O)[C@H](Cc3ccccc3C)S2)cc1. The molecule has 3 rings (SSSR count). The predicted molar refractivity (Wildman–Crippen MR) is 102 cm³/mol. The minimum atomic E-state index is -0.170. The van der Waals surface area contributed by atoms with Crippen LogP contribution in [0.25, 0.3) is 0 Å². The van der Waals surface area contributed by atoms with Crippen molar-refractivity contribution < 1.29 is 9.53 Å². The molecule has 1 aliphatic rings. The van der Waals surface area contributed by atoms with Crippen LogP contribution in [0.4, 0.5) is 0 Å². The Balaban J connectivity index is 1.62. The zero-order valence-corrected chi connectivity index (χ0v) is 14.9. The summed E-state index contributed by atoms with van der Waals surface area (Å²) in [5.74, 6) is 0.771. The summed E-state index contributed by atoms with van der Waals surface area (Å²) in [5, 5.41) is 11.3. The van der Waals surface area contributed by atoms with E-state index >= 15 is 0 Å². The molecule has 25 heavy (non-hydrogen) atoms. The molecule has 6 heteroatoms. The van der Waals surface area contributed by atoms with Gasteiger partial charge in [0.05, 0.1) is 18.6 Å². The molecule has 1 fully saturated rings. The zero-order valence-electron chi connectivity index (χ0n) is 14.1. The Hall–Kier alpha value is -2.60. The van der Waals surface area contributed by atoms with Gasteiger partial charge in [0.15, 0.2) is 5.17 Å². The maximum atomic E-state index is 12.1. The fourth-order valence-corrected chi connectivity index (χ4v) is 3.42. The first-order chi connectivity index (χ1) is 12.2. The lowest BCUT2D eigenvalue weighted by molar-refractivity contribution is -0.118. The molecule has 1 N–H and O–H groups in total. The highest BCUT2D eigenvalue weighted by Crippen LogP contribution is 2.24. The van der Waals surface area contributed by atoms with Crippen LogP contribution in [-0.2, 0) is 11.2 Å². The molecule has 1 aliphatic heterocycles. The maximum Gasteiger partial charge on any atom is 0.239 e. The molecule has 2 aromatic carbocycles. The number of benzene rings is 2. The second-order valence-electron chi connectivity index (χ2n) is 5.65. The number of aryl methyl sites for hydroxylation is 1. The first kappa shape index (κ1) is 17.2. The molecule has 0 unspecified atom stereocenters. The van der Waals surface area contributed by atoms with Gasteiger partial charge in [-0.1, -0.05) is 36.0 Å². The Morgan fingerprint density at radius 1 is 1.20 bits per heavy atom. The molecular weight excluding hydrogens is 334 g/mol. The highest BCUT2D eigenvalue weighted by Gasteiger charge is 2.30. The minimum absolute atomic E-state index is 0.0216. The summed E-state index contributed by atoms with van der Waals surface area (Å²) in [6, 6.07) is 15.6. The normalized spacial score (nSPS) is 18.7. The fraction of sp³-hybridized carbons (Fsp3) is 0.211. The third kappa shape index (κ3) is 4.48. The lowest BCUT2D eigenvalue weighted by Crippen LogP contribution is -2.26. The number of nitrogens with zero attached hydrogens (tertiary/aromatic N) is 2. The summed E-state index contributed by atoms with van der Waals surface area (Å²) in [7, 11) is 1.63. The molecule has 0 aliphatic carbocycles. The third-order valence-corrected chi connectivity index (χ3v) is 4.99. The van der Waals surface area contributed by atoms with E-state index in [1.807, 2.05) is 36.4 Å². The number of carbonyl (C=O) groups excluding carboxylic acids is 1. The molecule has 2 aromatic rings. The van der Waals surface area contributed by atoms with Crippen LogP contribution in [0.15, 0.2) is 58.7 Å². The lowest BCUT2D eigenvalue weighted by Gasteiger charge is -2.07. The first-order valence-electron chi connectivity index (χ1n) is 7.93. The van der Waals surface area contributed by atoms with E-state index in [2.05, 4.69) is 34.6 Å². The monoisotopic (exact) mass is 353 g/mol. The van der Waals surface area contributed by atoms with Crippen LogP contribution in [0.1, 0.15) is 16.7 Å². The average Bonchev–Trinajstić information content (AvgIpc) is 2.97. The molecule has 0 radical (unpaired) electrons. The van der Waals surface area contributed by atoms with Gasteiger partial charge in [0.1, 0.15) is 5.75 Å². The van der Waals surface area contributed by atoms with Gasteiger partial charge < -0.3 is 10.1 Å². The van der Waals surface area contributed by atoms with Crippen LogP contribution in [0, 0.1) is 6.92 Å². The topological polar surface area (TPSA) is 63.1 Å². The van der Waals surface area contributed by atoms with E-state index < -0.39 is 0 Å². The molecule has 1 atom stereocenters. The number of ether oxygens (including phenoxy) is 1. The summed E-state index contributed by atoms with van der Waals surface area (Å²) < 4.78 is 5.11. The van der Waals surface area contributed by atoms with Crippen LogP contribution in [0.5, 0.6) is 5.75 Å². The van der Waals surface area contributed by atoms with Crippen LogP contribution < -0.4 is 10.1 Å². The van der Waals surface area contributed by atoms with Gasteiger partial charge >= 0.3 is 0 Å². The van der Waals surface area contributed by atoms with Crippen molar-refractivity contribution in [2.24, 2.45) is 10.2 Å². The summed E-state index contributed by atoms with van der Waals surface area (Å²) >= 11 is 1.42. The average molecular weight is 353 g/mol. The minimum Gasteiger partial charge on any atom is -0.497 e. The van der Waals surface area contributed by atoms with Crippen molar-refractivity contribution in [1.29, 1.82) is 0 Å². The lowest BCUT2D eigenvalue weighted by atomic mass is 10.0. The fourth-order valence-electron chi connectivity index (χ4n) is 2.46. The van der Waals surface area contributed by atoms with Gasteiger partial charge in [-0.05, 0) is 54.3 Å². The Morgan fingerprint density at radius 3 is 2.68 bits per heavy atom. The Labute approximate surface area is 151 Å². The molecule has 0 aromatic heterocycles. The van der Waals surface area contributed by atoms with Crippen LogP contribution in [0.2, 0.25) is 0 Å². The largest absolute Gasteiger partial charge is 0.497 e. The smallest absolute Gasteiger partial charge is 0.239 e. The van der Waals surface area contributed by atoms with Crippen LogP contribution in [-0.4, -0.2) is 29.6 Å². The summed E-state index contributed by atoms with van der Waals surface area (Å²) in [5.41, 5.74) is 3.29. The van der Waals surface area contributed by atoms with Crippen molar-refractivity contribution in [1.82, 2.24) is 5.32 Å². The van der Waals surface area contributed by atoms with Gasteiger partial charge in [-0.25, -0.2) is 0 Å². The van der Waals surface area contributed by atoms with Crippen molar-refractivity contribution in [3.05, 3.63) is 65.2 Å². The van der Waals surface area contributed by atoms with Crippen molar-refractivity contribution >= 4 is 29.1 Å². The second kappa shape index (κ2) is 7.98. The highest BCUT2D eigenvalue weighted by molar-refractivity contribution is 8.15. The molecule has 1 amide bonds. The Morgan fingerprint density at radius 2 is 1.96 bits per heavy atom. The van der Waals surface area contributed by atoms with Crippen molar-refractivity contribution in [2.45, 2.75) is 18.6 Å². The van der Waals surface area contributed by atoms with Gasteiger partial charge in [0.25, 0.3) is 0 Å². The Bertz CT molecular complexity index is 816. The number of amides is 1. The summed E-state index contributed by atoms with van der Waals surface area (Å²) in [4.78, 5) is 12.1. The molecule has 0 spiro atoms. The van der Waals surface area contributed by atoms with E-state index in [0.717, 1.165) is 11.3 Å². The van der Waals surface area contributed by atoms with E-state index in [-0.39, 0.29) is 11.2 Å². The second-order valence-corrected chi connectivity index (χ2v) is 6.84. The molecule has 128 valence electrons. The van der Waals surface area contributed by atoms with Gasteiger partial charge in [0, 0.05) is 0 Å². The highest BCUT2D eigenvalue weighted by atomic mass is 32.2. The molecule has 5 nitrogen and oxygen atoms in total. The molecular formula is C19H19N3O2S. The zero-order chi connectivity index (χ0) is 17.6. The summed E-state index contributed by atoms with van der Waals surface area (Å²) in [6.45, 7) is 2.06. The van der Waals surface area contributed by atoms with E-state index in [0.29, 0.717) is 11.6 Å². The van der Waals surface area contributed by atoms with Crippen LogP contribution >= 0.6 is 11.8 Å². The van der Waals surface area contributed by atoms with Gasteiger partial charge in [-0.3, -0.25) is 4.79 Å². The number of thioether (sulfide) groups is 1. The van der Waals surface area contributed by atoms with E-state index in [4.69, 9.17) is 4.74 Å². The number of amidine groups is 1. The molecule has 0 saturated carbocycles. The van der Waals surface area contributed by atoms with E-state index in [1.54, 1.807) is 13.3 Å². The first-order valence-corrected chi connectivity index (χ1v) is 8.81. The molecule has 1 saturated heterocycles. The summed E-state index contributed by atoms with van der Waals surface area (Å²) in [6.07, 6.45) is 2.33. The number of methoxy groups -OCH3 is 1. The van der Waals surface area contributed by atoms with Gasteiger partial charge in [-0.15, -0.1) is 5.10 Å². The van der Waals surface area contributed by atoms with E-state index in [1.165, 1.54) is 22.9 Å². The standard InChI is InChI=1S/C19H19N3O2S/c1-13-5-3-4-6-15(13)11-17-18(23)21-19(25-17)22-20-12-14-7-9-16(24-2)10-8-14/h3-10,12,17H,11H2,1-2H3,(H,21,22,23)/b20-12+/t17-/m0/s1. The molecule has 1 heterocycles. The Kier molecular flexibility index (Phi) is 5.50. The van der Waals surface area contributed by atoms with Crippen LogP contribution in [0.3, 0.4) is 0 Å². The van der Waals surface area contributed by atoms with Crippen molar-refractivity contribution in [2.75, 3.05) is 7.11 Å². The van der Waals surface area contributed by atoms with Crippen molar-refractivity contribution in [3.8, 4) is 5.75 Å². The number of carbonyl (C=O) groups is 1. The quantitative estimate of drug-likeness (QED) is 0.663. The van der Waals surface area contributed by atoms with Crippen molar-refractivity contribution in [3.63, 3.8) is 0 Å². The van der Waals surface area contributed by atoms with Gasteiger partial charge in [-0.2, -0.15) is 5.10 Å². The predicted octanol–water partition coefficient (Wildman–Crippen LogP) is 3.17. The number of rotatable bonds is 5.